The van der Waals surface area contributed by atoms with Crippen molar-refractivity contribution < 1.29 is 19.8 Å². The van der Waals surface area contributed by atoms with Crippen molar-refractivity contribution in [1.82, 2.24) is 5.43 Å². The van der Waals surface area contributed by atoms with Gasteiger partial charge in [0.1, 0.15) is 0 Å². The largest absolute Gasteiger partial charge is 0.481 e. The minimum atomic E-state index is -0.759. The summed E-state index contributed by atoms with van der Waals surface area (Å²) < 4.78 is 0. The number of aliphatic hydroxyl groups excluding tert-OH is 1. The van der Waals surface area contributed by atoms with Crippen molar-refractivity contribution in [2.45, 2.75) is 44.6 Å². The first-order valence-electron chi connectivity index (χ1n) is 9.76. The first-order valence-corrected chi connectivity index (χ1v) is 9.76. The summed E-state index contributed by atoms with van der Waals surface area (Å²) in [6.07, 6.45) is 7.62. The molecule has 2 saturated carbocycles. The van der Waals surface area contributed by atoms with Crippen LogP contribution >= 0.6 is 0 Å². The van der Waals surface area contributed by atoms with Gasteiger partial charge < -0.3 is 15.5 Å². The van der Waals surface area contributed by atoms with Gasteiger partial charge in [-0.25, -0.2) is 10.2 Å². The number of amides is 2. The van der Waals surface area contributed by atoms with Crippen LogP contribution in [0.2, 0.25) is 0 Å². The van der Waals surface area contributed by atoms with E-state index in [4.69, 9.17) is 5.11 Å². The molecule has 2 fully saturated rings. The number of anilines is 1. The molecule has 0 aliphatic heterocycles. The predicted molar refractivity (Wildman–Crippen MR) is 107 cm³/mol. The van der Waals surface area contributed by atoms with Gasteiger partial charge in [-0.3, -0.25) is 4.79 Å². The lowest BCUT2D eigenvalue weighted by Crippen LogP contribution is -2.27. The fourth-order valence-corrected chi connectivity index (χ4v) is 4.30. The van der Waals surface area contributed by atoms with Gasteiger partial charge in [0.2, 0.25) is 0 Å². The zero-order chi connectivity index (χ0) is 19.9. The van der Waals surface area contributed by atoms with Crippen LogP contribution in [-0.2, 0) is 4.79 Å². The van der Waals surface area contributed by atoms with Crippen molar-refractivity contribution in [3.63, 3.8) is 0 Å². The molecule has 0 bridgehead atoms. The zero-order valence-corrected chi connectivity index (χ0v) is 15.8. The molecule has 28 heavy (non-hydrogen) atoms. The smallest absolute Gasteiger partial charge is 0.339 e. The van der Waals surface area contributed by atoms with Gasteiger partial charge in [0.05, 0.1) is 6.10 Å². The molecule has 7 heteroatoms. The van der Waals surface area contributed by atoms with Crippen molar-refractivity contribution in [3.8, 4) is 0 Å². The Morgan fingerprint density at radius 3 is 2.75 bits per heavy atom. The molecule has 0 radical (unpaired) electrons. The Kier molecular flexibility index (Phi) is 6.81. The molecule has 2 amide bonds. The maximum absolute atomic E-state index is 11.9. The average molecular weight is 385 g/mol. The number of hydrogen-bond donors (Lipinski definition) is 4. The Morgan fingerprint density at radius 2 is 2.00 bits per heavy atom. The van der Waals surface area contributed by atoms with Gasteiger partial charge in [-0.05, 0) is 56.1 Å². The third-order valence-corrected chi connectivity index (χ3v) is 5.58. The lowest BCUT2D eigenvalue weighted by atomic mass is 9.92. The predicted octanol–water partition coefficient (Wildman–Crippen LogP) is 3.38. The summed E-state index contributed by atoms with van der Waals surface area (Å²) in [7, 11) is 0. The molecule has 150 valence electrons. The molecular weight excluding hydrogens is 358 g/mol. The van der Waals surface area contributed by atoms with Crippen LogP contribution in [0.3, 0.4) is 0 Å². The lowest BCUT2D eigenvalue weighted by molar-refractivity contribution is -0.137. The van der Waals surface area contributed by atoms with Gasteiger partial charge in [-0.1, -0.05) is 29.8 Å². The summed E-state index contributed by atoms with van der Waals surface area (Å²) in [5.41, 5.74) is 4.49. The number of nitrogens with zero attached hydrogens (tertiary/aromatic N) is 1. The highest BCUT2D eigenvalue weighted by atomic mass is 16.4. The highest BCUT2D eigenvalue weighted by Crippen LogP contribution is 2.49. The van der Waals surface area contributed by atoms with E-state index in [1.165, 1.54) is 5.57 Å². The lowest BCUT2D eigenvalue weighted by Gasteiger charge is -2.16. The standard InChI is InChI=1S/C21H27N3O4/c25-19-12-15-10-14(6-4-5-9-20(26)27)11-17(15)18(19)13-22-24-21(28)23-16-7-2-1-3-8-16/h1-3,6-8,13,15,17-19,25H,4-5,9-12H2,(H,26,27)(H2,23,24,28)/b14-6?,22-13-/t15-,17-,18+,19+/m0/s1. The number of carboxylic acids is 1. The minimum Gasteiger partial charge on any atom is -0.481 e. The number of benzene rings is 1. The van der Waals surface area contributed by atoms with E-state index in [2.05, 4.69) is 21.9 Å². The third kappa shape index (κ3) is 5.42. The van der Waals surface area contributed by atoms with E-state index in [0.717, 1.165) is 25.7 Å². The number of carbonyl (C=O) groups excluding carboxylic acids is 1. The molecule has 3 rings (SSSR count). The molecule has 2 aliphatic rings. The SMILES string of the molecule is O=C(O)CCCC=C1C[C@H]2C[C@@H](O)[C@H](/C=N\NC(=O)Nc3ccccc3)[C@H]2C1. The monoisotopic (exact) mass is 385 g/mol. The van der Waals surface area contributed by atoms with Crippen LogP contribution in [0.4, 0.5) is 10.5 Å². The van der Waals surface area contributed by atoms with Crippen LogP contribution in [0.15, 0.2) is 47.1 Å². The molecule has 0 spiro atoms. The Morgan fingerprint density at radius 1 is 1.21 bits per heavy atom. The Hall–Kier alpha value is -2.67. The zero-order valence-electron chi connectivity index (χ0n) is 15.8. The van der Waals surface area contributed by atoms with E-state index >= 15 is 0 Å². The van der Waals surface area contributed by atoms with Crippen LogP contribution in [0.5, 0.6) is 0 Å². The minimum absolute atomic E-state index is 0.0769. The van der Waals surface area contributed by atoms with Crippen LogP contribution in [0, 0.1) is 17.8 Å². The van der Waals surface area contributed by atoms with Crippen molar-refractivity contribution in [2.75, 3.05) is 5.32 Å². The van der Waals surface area contributed by atoms with E-state index < -0.39 is 18.1 Å². The normalized spacial score (nSPS) is 27.8. The number of urea groups is 1. The maximum Gasteiger partial charge on any atom is 0.339 e. The van der Waals surface area contributed by atoms with Crippen LogP contribution in [0.25, 0.3) is 0 Å². The van der Waals surface area contributed by atoms with Gasteiger partial charge in [-0.2, -0.15) is 5.10 Å². The van der Waals surface area contributed by atoms with Gasteiger partial charge in [0.15, 0.2) is 0 Å². The molecule has 1 aromatic rings. The third-order valence-electron chi connectivity index (χ3n) is 5.58. The Balaban J connectivity index is 1.48. The number of allylic oxidation sites excluding steroid dienone is 2. The van der Waals surface area contributed by atoms with Gasteiger partial charge in [0, 0.05) is 24.2 Å². The first-order chi connectivity index (χ1) is 13.5. The Labute approximate surface area is 164 Å². The van der Waals surface area contributed by atoms with Crippen LogP contribution < -0.4 is 10.7 Å². The second kappa shape index (κ2) is 9.50. The summed E-state index contributed by atoms with van der Waals surface area (Å²) in [5.74, 6) is -0.0874. The second-order valence-corrected chi connectivity index (χ2v) is 7.57. The molecule has 1 aromatic carbocycles. The highest BCUT2D eigenvalue weighted by Gasteiger charge is 2.45. The fourth-order valence-electron chi connectivity index (χ4n) is 4.30. The number of fused-ring (bicyclic) bond motifs is 1. The van der Waals surface area contributed by atoms with E-state index in [0.29, 0.717) is 23.9 Å². The topological polar surface area (TPSA) is 111 Å². The average Bonchev–Trinajstić information content (AvgIpc) is 3.17. The van der Waals surface area contributed by atoms with Gasteiger partial charge in [-0.15, -0.1) is 0 Å². The summed E-state index contributed by atoms with van der Waals surface area (Å²) in [4.78, 5) is 22.5. The molecular formula is C21H27N3O4. The molecule has 7 nitrogen and oxygen atoms in total. The van der Waals surface area contributed by atoms with Gasteiger partial charge in [0.25, 0.3) is 0 Å². The highest BCUT2D eigenvalue weighted by molar-refractivity contribution is 5.89. The van der Waals surface area contributed by atoms with Crippen LogP contribution in [-0.4, -0.2) is 34.5 Å². The number of unbranched alkanes of at least 4 members (excludes halogenated alkanes) is 1. The molecule has 2 aliphatic carbocycles. The van der Waals surface area contributed by atoms with E-state index in [-0.39, 0.29) is 12.3 Å². The number of rotatable bonds is 7. The number of hydrazone groups is 1. The van der Waals surface area contributed by atoms with E-state index in [9.17, 15) is 14.7 Å². The van der Waals surface area contributed by atoms with Crippen molar-refractivity contribution >= 4 is 23.9 Å². The summed E-state index contributed by atoms with van der Waals surface area (Å²) in [6.45, 7) is 0. The molecule has 0 aromatic heterocycles. The number of carbonyl (C=O) groups is 2. The second-order valence-electron chi connectivity index (χ2n) is 7.57. The number of para-hydroxylation sites is 1. The summed E-state index contributed by atoms with van der Waals surface area (Å²) >= 11 is 0. The number of hydrogen-bond acceptors (Lipinski definition) is 4. The van der Waals surface area contributed by atoms with Crippen molar-refractivity contribution in [3.05, 3.63) is 42.0 Å². The van der Waals surface area contributed by atoms with Crippen LogP contribution in [0.1, 0.15) is 38.5 Å². The molecule has 0 saturated heterocycles. The fraction of sp³-hybridized carbons (Fsp3) is 0.476. The number of nitrogens with one attached hydrogen (secondary N) is 2. The summed E-state index contributed by atoms with van der Waals surface area (Å²) in [6, 6.07) is 8.70. The summed E-state index contributed by atoms with van der Waals surface area (Å²) in [5, 5.41) is 25.8. The van der Waals surface area contributed by atoms with Crippen molar-refractivity contribution in [1.29, 1.82) is 0 Å². The molecule has 4 atom stereocenters. The number of aliphatic carboxylic acids is 1. The Bertz CT molecular complexity index is 747. The molecule has 0 heterocycles. The van der Waals surface area contributed by atoms with E-state index in [1.54, 1.807) is 18.3 Å². The first kappa shape index (κ1) is 20.1. The number of aliphatic hydroxyl groups is 1. The number of carboxylic acid groups (broad SMARTS) is 1. The van der Waals surface area contributed by atoms with Crippen molar-refractivity contribution in [2.24, 2.45) is 22.9 Å². The quantitative estimate of drug-likeness (QED) is 0.249. The molecule has 0 unspecified atom stereocenters. The van der Waals surface area contributed by atoms with E-state index in [1.807, 2.05) is 18.2 Å². The molecule has 4 N–H and O–H groups in total. The maximum atomic E-state index is 11.9. The van der Waals surface area contributed by atoms with Gasteiger partial charge >= 0.3 is 12.0 Å².